The van der Waals surface area contributed by atoms with E-state index in [0.717, 1.165) is 24.3 Å². The highest BCUT2D eigenvalue weighted by Gasteiger charge is 2.31. The first-order valence-electron chi connectivity index (χ1n) is 12.6. The van der Waals surface area contributed by atoms with Crippen molar-refractivity contribution in [2.45, 2.75) is 70.9 Å². The van der Waals surface area contributed by atoms with Gasteiger partial charge in [-0.3, -0.25) is 9.52 Å². The van der Waals surface area contributed by atoms with Crippen molar-refractivity contribution in [1.29, 1.82) is 0 Å². The average Bonchev–Trinajstić information content (AvgIpc) is 3.06. The van der Waals surface area contributed by atoms with Gasteiger partial charge in [0.05, 0.1) is 11.4 Å². The number of thiol groups is 1. The molecule has 1 amide bonds. The van der Waals surface area contributed by atoms with Gasteiger partial charge in [-0.15, -0.1) is 0 Å². The molecule has 2 heterocycles. The van der Waals surface area contributed by atoms with Gasteiger partial charge in [0.2, 0.25) is 0 Å². The van der Waals surface area contributed by atoms with Gasteiger partial charge in [-0.2, -0.15) is 0 Å². The predicted octanol–water partition coefficient (Wildman–Crippen LogP) is 7.04. The van der Waals surface area contributed by atoms with E-state index in [1.54, 1.807) is 0 Å². The summed E-state index contributed by atoms with van der Waals surface area (Å²) in [5, 5.41) is 1.26. The van der Waals surface area contributed by atoms with Crippen molar-refractivity contribution < 1.29 is 9.53 Å². The fraction of sp³-hybridized carbons (Fsp3) is 0.414. The zero-order valence-electron chi connectivity index (χ0n) is 20.9. The molecule has 1 aromatic heterocycles. The molecule has 5 nitrogen and oxygen atoms in total. The number of para-hydroxylation sites is 1. The molecular formula is C29H35N3O2S. The Morgan fingerprint density at radius 1 is 1.09 bits per heavy atom. The first-order chi connectivity index (χ1) is 16.8. The molecule has 0 radical (unpaired) electrons. The largest absolute Gasteiger partial charge is 0.474 e. The Morgan fingerprint density at radius 2 is 1.83 bits per heavy atom. The van der Waals surface area contributed by atoms with E-state index in [9.17, 15) is 4.79 Å². The van der Waals surface area contributed by atoms with E-state index >= 15 is 0 Å². The van der Waals surface area contributed by atoms with E-state index < -0.39 is 0 Å². The quantitative estimate of drug-likeness (QED) is 0.305. The van der Waals surface area contributed by atoms with Crippen molar-refractivity contribution >= 4 is 35.3 Å². The van der Waals surface area contributed by atoms with Crippen LogP contribution in [-0.4, -0.2) is 22.6 Å². The summed E-state index contributed by atoms with van der Waals surface area (Å²) < 4.78 is 11.1. The third kappa shape index (κ3) is 4.44. The van der Waals surface area contributed by atoms with Crippen molar-refractivity contribution in [3.8, 4) is 11.3 Å². The van der Waals surface area contributed by atoms with Crippen LogP contribution in [-0.2, 0) is 11.3 Å². The van der Waals surface area contributed by atoms with E-state index in [0.29, 0.717) is 17.4 Å². The Bertz CT molecular complexity index is 1280. The van der Waals surface area contributed by atoms with E-state index in [1.807, 2.05) is 32.9 Å². The van der Waals surface area contributed by atoms with Crippen LogP contribution >= 0.6 is 12.8 Å². The average molecular weight is 490 g/mol. The van der Waals surface area contributed by atoms with Crippen LogP contribution in [0.1, 0.15) is 74.7 Å². The second kappa shape index (κ2) is 9.30. The SMILES string of the molecule is C=C(OC(C)(C)C)N1CCn2c(c(C3CCCCC3)c3ccc(C(=O)NS)cc32)-c2ccccc21. The lowest BCUT2D eigenvalue weighted by Crippen LogP contribution is -2.31. The van der Waals surface area contributed by atoms with Crippen LogP contribution in [0.3, 0.4) is 0 Å². The van der Waals surface area contributed by atoms with Gasteiger partial charge >= 0.3 is 0 Å². The molecule has 2 aliphatic rings. The van der Waals surface area contributed by atoms with Crippen molar-refractivity contribution in [2.75, 3.05) is 11.4 Å². The lowest BCUT2D eigenvalue weighted by atomic mass is 9.81. The van der Waals surface area contributed by atoms with Crippen LogP contribution < -0.4 is 9.62 Å². The molecule has 6 heteroatoms. The van der Waals surface area contributed by atoms with Gasteiger partial charge in [0.15, 0.2) is 5.88 Å². The Labute approximate surface area is 213 Å². The smallest absolute Gasteiger partial charge is 0.260 e. The van der Waals surface area contributed by atoms with Crippen LogP contribution in [0.5, 0.6) is 0 Å². The number of carbonyl (C=O) groups is 1. The highest BCUT2D eigenvalue weighted by atomic mass is 32.1. The Balaban J connectivity index is 1.74. The number of hydrogen-bond donors (Lipinski definition) is 2. The number of aromatic nitrogens is 1. The van der Waals surface area contributed by atoms with Gasteiger partial charge in [0.1, 0.15) is 5.60 Å². The summed E-state index contributed by atoms with van der Waals surface area (Å²) in [6.45, 7) is 12.0. The summed E-state index contributed by atoms with van der Waals surface area (Å²) in [6.07, 6.45) is 6.25. The minimum absolute atomic E-state index is 0.187. The number of fused-ring (bicyclic) bond motifs is 5. The first kappa shape index (κ1) is 23.9. The maximum absolute atomic E-state index is 12.4. The molecule has 1 fully saturated rings. The highest BCUT2D eigenvalue weighted by Crippen LogP contribution is 2.47. The molecule has 1 aliphatic carbocycles. The number of ether oxygens (including phenoxy) is 1. The number of nitrogens with one attached hydrogen (secondary N) is 1. The lowest BCUT2D eigenvalue weighted by molar-refractivity contribution is 0.0489. The molecule has 1 saturated carbocycles. The van der Waals surface area contributed by atoms with Crippen LogP contribution in [0, 0.1) is 0 Å². The van der Waals surface area contributed by atoms with Gasteiger partial charge in [0.25, 0.3) is 5.91 Å². The number of amides is 1. The van der Waals surface area contributed by atoms with Gasteiger partial charge in [-0.1, -0.05) is 56.3 Å². The molecule has 0 saturated heterocycles. The summed E-state index contributed by atoms with van der Waals surface area (Å²) in [5.41, 5.74) is 6.41. The summed E-state index contributed by atoms with van der Waals surface area (Å²) in [7, 11) is 0. The Kier molecular flexibility index (Phi) is 6.34. The second-order valence-electron chi connectivity index (χ2n) is 10.7. The highest BCUT2D eigenvalue weighted by molar-refractivity contribution is 7.78. The summed E-state index contributed by atoms with van der Waals surface area (Å²) >= 11 is 3.99. The second-order valence-corrected chi connectivity index (χ2v) is 10.9. The summed E-state index contributed by atoms with van der Waals surface area (Å²) in [6, 6.07) is 14.7. The molecule has 2 aromatic carbocycles. The number of benzene rings is 2. The topological polar surface area (TPSA) is 46.5 Å². The third-order valence-electron chi connectivity index (χ3n) is 7.20. The maximum Gasteiger partial charge on any atom is 0.260 e. The predicted molar refractivity (Wildman–Crippen MR) is 147 cm³/mol. The normalized spacial score (nSPS) is 16.4. The van der Waals surface area contributed by atoms with Gasteiger partial charge in [-0.25, -0.2) is 0 Å². The number of rotatable bonds is 4. The molecule has 0 atom stereocenters. The molecule has 0 spiro atoms. The molecule has 0 bridgehead atoms. The van der Waals surface area contributed by atoms with E-state index in [1.165, 1.54) is 54.3 Å². The van der Waals surface area contributed by atoms with Crippen LogP contribution in [0.15, 0.2) is 54.9 Å². The van der Waals surface area contributed by atoms with Crippen LogP contribution in [0.2, 0.25) is 0 Å². The fourth-order valence-electron chi connectivity index (χ4n) is 5.81. The standard InChI is InChI=1S/C29H35N3O2S/c1-19(34-29(2,3)4)31-16-17-32-25-18-21(28(33)30-35)14-15-22(25)26(20-10-6-5-7-11-20)27(32)23-12-8-9-13-24(23)31/h8-9,12-15,18,20,35H,1,5-7,10-11,16-17H2,2-4H3,(H,30,33). The molecular weight excluding hydrogens is 454 g/mol. The minimum Gasteiger partial charge on any atom is -0.474 e. The molecule has 0 unspecified atom stereocenters. The van der Waals surface area contributed by atoms with E-state index in [4.69, 9.17) is 4.74 Å². The van der Waals surface area contributed by atoms with Gasteiger partial charge in [-0.05, 0) is 69.9 Å². The fourth-order valence-corrected chi connectivity index (χ4v) is 5.94. The zero-order valence-corrected chi connectivity index (χ0v) is 21.8. The third-order valence-corrected chi connectivity index (χ3v) is 7.41. The van der Waals surface area contributed by atoms with Crippen molar-refractivity contribution in [2.24, 2.45) is 0 Å². The number of nitrogens with zero attached hydrogens (tertiary/aromatic N) is 2. The van der Waals surface area contributed by atoms with Crippen molar-refractivity contribution in [1.82, 2.24) is 9.29 Å². The molecule has 1 aliphatic heterocycles. The van der Waals surface area contributed by atoms with Crippen molar-refractivity contribution in [3.63, 3.8) is 0 Å². The Morgan fingerprint density at radius 3 is 2.54 bits per heavy atom. The first-order valence-corrected chi connectivity index (χ1v) is 13.1. The minimum atomic E-state index is -0.331. The monoisotopic (exact) mass is 489 g/mol. The van der Waals surface area contributed by atoms with Gasteiger partial charge in [0, 0.05) is 35.1 Å². The molecule has 3 aromatic rings. The van der Waals surface area contributed by atoms with Crippen LogP contribution in [0.4, 0.5) is 5.69 Å². The molecule has 1 N–H and O–H groups in total. The molecule has 5 rings (SSSR count). The molecule has 35 heavy (non-hydrogen) atoms. The summed E-state index contributed by atoms with van der Waals surface area (Å²) in [5.74, 6) is 0.989. The van der Waals surface area contributed by atoms with E-state index in [2.05, 4.69) is 63.9 Å². The maximum atomic E-state index is 12.4. The summed E-state index contributed by atoms with van der Waals surface area (Å²) in [4.78, 5) is 14.6. The van der Waals surface area contributed by atoms with Crippen LogP contribution in [0.25, 0.3) is 22.2 Å². The lowest BCUT2D eigenvalue weighted by Gasteiger charge is -2.31. The van der Waals surface area contributed by atoms with E-state index in [-0.39, 0.29) is 11.5 Å². The number of carbonyl (C=O) groups excluding carboxylic acids is 1. The molecule has 184 valence electrons. The number of hydrogen-bond acceptors (Lipinski definition) is 4. The Hall–Kier alpha value is -2.86. The number of anilines is 1. The zero-order chi connectivity index (χ0) is 24.7. The van der Waals surface area contributed by atoms with Gasteiger partial charge < -0.3 is 14.2 Å². The van der Waals surface area contributed by atoms with Crippen molar-refractivity contribution in [3.05, 3.63) is 66.1 Å².